The number of ether oxygens (including phenoxy) is 4. The molecule has 8 nitrogen and oxygen atoms in total. The number of esters is 4. The maximum absolute atomic E-state index is 14.0. The zero-order valence-corrected chi connectivity index (χ0v) is 25.5. The van der Waals surface area contributed by atoms with Crippen molar-refractivity contribution in [2.24, 2.45) is 21.7 Å². The lowest BCUT2D eigenvalue weighted by atomic mass is 9.35. The third-order valence-electron chi connectivity index (χ3n) is 7.39. The number of hydrogen-bond donors (Lipinski definition) is 0. The molecule has 0 spiro atoms. The molecule has 4 rings (SSSR count). The Morgan fingerprint density at radius 3 is 0.605 bits per heavy atom. The summed E-state index contributed by atoms with van der Waals surface area (Å²) in [6, 6.07) is 0. The minimum Gasteiger partial charge on any atom is -0.460 e. The van der Waals surface area contributed by atoms with Crippen molar-refractivity contribution in [1.82, 2.24) is 0 Å². The SMILES string of the molecule is CC(C)(C)OC(=O)C12CC3(C(=O)OC(C)(C)C)CC(C(=O)OC(C)(C)C)(C1)CC(C(=O)OC(C)(C)C)(C2)C3. The van der Waals surface area contributed by atoms with Crippen molar-refractivity contribution in [2.45, 2.75) is 144 Å². The van der Waals surface area contributed by atoms with Crippen molar-refractivity contribution >= 4 is 23.9 Å². The molecule has 4 saturated carbocycles. The van der Waals surface area contributed by atoms with Crippen LogP contribution in [0, 0.1) is 21.7 Å². The first-order chi connectivity index (χ1) is 16.8. The molecule has 0 aromatic rings. The number of carbonyl (C=O) groups excluding carboxylic acids is 4. The largest absolute Gasteiger partial charge is 0.460 e. The van der Waals surface area contributed by atoms with Crippen LogP contribution >= 0.6 is 0 Å². The van der Waals surface area contributed by atoms with Crippen LogP contribution < -0.4 is 0 Å². The average Bonchev–Trinajstić information content (AvgIpc) is 2.61. The predicted molar refractivity (Wildman–Crippen MR) is 141 cm³/mol. The van der Waals surface area contributed by atoms with Crippen LogP contribution in [0.15, 0.2) is 0 Å². The maximum Gasteiger partial charge on any atom is 0.312 e. The summed E-state index contributed by atoms with van der Waals surface area (Å²) in [5, 5.41) is 0. The van der Waals surface area contributed by atoms with Gasteiger partial charge in [-0.05, 0) is 122 Å². The molecule has 216 valence electrons. The lowest BCUT2D eigenvalue weighted by Crippen LogP contribution is -2.70. The lowest BCUT2D eigenvalue weighted by Gasteiger charge is -2.66. The fraction of sp³-hybridized carbons (Fsp3) is 0.867. The Hall–Kier alpha value is -2.12. The van der Waals surface area contributed by atoms with Crippen molar-refractivity contribution in [3.8, 4) is 0 Å². The molecule has 0 aromatic carbocycles. The Bertz CT molecular complexity index is 811. The summed E-state index contributed by atoms with van der Waals surface area (Å²) >= 11 is 0. The van der Waals surface area contributed by atoms with Crippen molar-refractivity contribution < 1.29 is 38.1 Å². The molecule has 4 aliphatic rings. The van der Waals surface area contributed by atoms with E-state index in [0.29, 0.717) is 0 Å². The van der Waals surface area contributed by atoms with Gasteiger partial charge in [-0.15, -0.1) is 0 Å². The smallest absolute Gasteiger partial charge is 0.312 e. The van der Waals surface area contributed by atoms with Gasteiger partial charge >= 0.3 is 23.9 Å². The van der Waals surface area contributed by atoms with Crippen LogP contribution in [0.25, 0.3) is 0 Å². The highest BCUT2D eigenvalue weighted by molar-refractivity contribution is 5.92. The number of rotatable bonds is 4. The van der Waals surface area contributed by atoms with Crippen molar-refractivity contribution in [1.29, 1.82) is 0 Å². The van der Waals surface area contributed by atoms with E-state index in [9.17, 15) is 19.2 Å². The molecule has 4 fully saturated rings. The summed E-state index contributed by atoms with van der Waals surface area (Å²) in [4.78, 5) is 55.9. The Morgan fingerprint density at radius 1 is 0.368 bits per heavy atom. The Labute approximate surface area is 227 Å². The van der Waals surface area contributed by atoms with Crippen LogP contribution in [0.1, 0.15) is 122 Å². The first-order valence-electron chi connectivity index (χ1n) is 13.7. The van der Waals surface area contributed by atoms with Crippen LogP contribution in [0.5, 0.6) is 0 Å². The zero-order chi connectivity index (χ0) is 29.4. The van der Waals surface area contributed by atoms with Gasteiger partial charge in [-0.25, -0.2) is 0 Å². The van der Waals surface area contributed by atoms with E-state index in [-0.39, 0.29) is 38.5 Å². The predicted octanol–water partition coefficient (Wildman–Crippen LogP) is 5.68. The van der Waals surface area contributed by atoms with Gasteiger partial charge in [-0.3, -0.25) is 19.2 Å². The quantitative estimate of drug-likeness (QED) is 0.334. The van der Waals surface area contributed by atoms with Crippen molar-refractivity contribution in [2.75, 3.05) is 0 Å². The summed E-state index contributed by atoms with van der Waals surface area (Å²) in [7, 11) is 0. The second-order valence-corrected chi connectivity index (χ2v) is 16.2. The minimum absolute atomic E-state index is 0.152. The molecule has 0 atom stereocenters. The molecule has 0 amide bonds. The molecule has 0 aromatic heterocycles. The third kappa shape index (κ3) is 6.04. The molecule has 8 heteroatoms. The van der Waals surface area contributed by atoms with Crippen LogP contribution in [-0.2, 0) is 38.1 Å². The Balaban J connectivity index is 2.25. The zero-order valence-electron chi connectivity index (χ0n) is 25.5. The van der Waals surface area contributed by atoms with Crippen LogP contribution in [0.2, 0.25) is 0 Å². The van der Waals surface area contributed by atoms with Gasteiger partial charge in [0.1, 0.15) is 22.4 Å². The standard InChI is InChI=1S/C30H48O8/c1-23(2,3)35-19(31)27-13-28(20(32)36-24(4,5)6)16-29(14-27,21(33)37-25(7,8)9)18-30(15-27,17-28)22(34)38-26(10,11)12/h13-18H2,1-12H3. The number of carbonyl (C=O) groups is 4. The summed E-state index contributed by atoms with van der Waals surface area (Å²) in [5.74, 6) is -2.01. The highest BCUT2D eigenvalue weighted by Crippen LogP contribution is 2.75. The topological polar surface area (TPSA) is 105 Å². The Kier molecular flexibility index (Phi) is 6.96. The summed E-state index contributed by atoms with van der Waals surface area (Å²) in [5.41, 5.74) is -8.15. The molecule has 0 radical (unpaired) electrons. The highest BCUT2D eigenvalue weighted by Gasteiger charge is 2.77. The lowest BCUT2D eigenvalue weighted by molar-refractivity contribution is -0.246. The molecule has 4 aliphatic carbocycles. The van der Waals surface area contributed by atoms with Gasteiger partial charge in [-0.2, -0.15) is 0 Å². The van der Waals surface area contributed by atoms with Gasteiger partial charge in [-0.1, -0.05) is 0 Å². The fourth-order valence-electron chi connectivity index (χ4n) is 7.05. The van der Waals surface area contributed by atoms with E-state index >= 15 is 0 Å². The van der Waals surface area contributed by atoms with Gasteiger partial charge in [0.05, 0.1) is 21.7 Å². The summed E-state index contributed by atoms with van der Waals surface area (Å²) in [6.07, 6.45) is 0.910. The average molecular weight is 537 g/mol. The molecule has 0 saturated heterocycles. The van der Waals surface area contributed by atoms with E-state index in [1.165, 1.54) is 0 Å². The molecular weight excluding hydrogens is 488 g/mol. The molecule has 0 aliphatic heterocycles. The molecule has 38 heavy (non-hydrogen) atoms. The van der Waals surface area contributed by atoms with Crippen LogP contribution in [0.4, 0.5) is 0 Å². The fourth-order valence-corrected chi connectivity index (χ4v) is 7.05. The monoisotopic (exact) mass is 536 g/mol. The summed E-state index contributed by atoms with van der Waals surface area (Å²) in [6.45, 7) is 21.4. The minimum atomic E-state index is -1.24. The van der Waals surface area contributed by atoms with E-state index in [1.54, 1.807) is 83.1 Å². The molecular formula is C30H48O8. The van der Waals surface area contributed by atoms with Crippen LogP contribution in [0.3, 0.4) is 0 Å². The van der Waals surface area contributed by atoms with E-state index in [0.717, 1.165) is 0 Å². The molecule has 0 unspecified atom stereocenters. The highest BCUT2D eigenvalue weighted by atomic mass is 16.6. The first-order valence-corrected chi connectivity index (χ1v) is 13.7. The van der Waals surface area contributed by atoms with Crippen molar-refractivity contribution in [3.63, 3.8) is 0 Å². The van der Waals surface area contributed by atoms with Gasteiger partial charge in [0, 0.05) is 0 Å². The van der Waals surface area contributed by atoms with Gasteiger partial charge in [0.25, 0.3) is 0 Å². The van der Waals surface area contributed by atoms with Crippen molar-refractivity contribution in [3.05, 3.63) is 0 Å². The molecule has 0 N–H and O–H groups in total. The van der Waals surface area contributed by atoms with Gasteiger partial charge in [0.15, 0.2) is 0 Å². The Morgan fingerprint density at radius 2 is 0.500 bits per heavy atom. The van der Waals surface area contributed by atoms with Crippen LogP contribution in [-0.4, -0.2) is 46.3 Å². The van der Waals surface area contributed by atoms with E-state index in [4.69, 9.17) is 18.9 Å². The van der Waals surface area contributed by atoms with E-state index in [2.05, 4.69) is 0 Å². The second kappa shape index (κ2) is 8.69. The van der Waals surface area contributed by atoms with Gasteiger partial charge < -0.3 is 18.9 Å². The number of hydrogen-bond acceptors (Lipinski definition) is 8. The molecule has 4 bridgehead atoms. The third-order valence-corrected chi connectivity index (χ3v) is 7.39. The first kappa shape index (κ1) is 30.4. The maximum atomic E-state index is 14.0. The van der Waals surface area contributed by atoms with E-state index < -0.39 is 67.9 Å². The van der Waals surface area contributed by atoms with Gasteiger partial charge in [0.2, 0.25) is 0 Å². The normalized spacial score (nSPS) is 32.9. The van der Waals surface area contributed by atoms with E-state index in [1.807, 2.05) is 0 Å². The second-order valence-electron chi connectivity index (χ2n) is 16.2. The molecule has 0 heterocycles. The summed E-state index contributed by atoms with van der Waals surface area (Å²) < 4.78 is 23.6.